The average molecular weight is 147 g/mol. The minimum atomic E-state index is -0.178. The SMILES string of the molecule is N#CCC(N)c1ccncc1. The molecular formula is C8H9N3. The average Bonchev–Trinajstić information content (AvgIpc) is 2.07. The molecule has 56 valence electrons. The quantitative estimate of drug-likeness (QED) is 0.678. The maximum absolute atomic E-state index is 8.35. The van der Waals surface area contributed by atoms with Gasteiger partial charge in [-0.1, -0.05) is 0 Å². The molecule has 1 rings (SSSR count). The van der Waals surface area contributed by atoms with Crippen LogP contribution in [0.3, 0.4) is 0 Å². The number of aromatic nitrogens is 1. The predicted octanol–water partition coefficient (Wildman–Crippen LogP) is 0.995. The summed E-state index contributed by atoms with van der Waals surface area (Å²) in [5, 5.41) is 8.35. The van der Waals surface area contributed by atoms with Gasteiger partial charge in [0.1, 0.15) is 0 Å². The molecule has 0 fully saturated rings. The van der Waals surface area contributed by atoms with Crippen molar-refractivity contribution in [2.24, 2.45) is 5.73 Å². The first-order valence-electron chi connectivity index (χ1n) is 3.37. The van der Waals surface area contributed by atoms with Crippen molar-refractivity contribution in [1.29, 1.82) is 5.26 Å². The molecule has 0 spiro atoms. The minimum absolute atomic E-state index is 0.178. The Morgan fingerprint density at radius 1 is 1.55 bits per heavy atom. The molecule has 0 saturated heterocycles. The maximum atomic E-state index is 8.35. The van der Waals surface area contributed by atoms with Crippen LogP contribution in [0.2, 0.25) is 0 Å². The van der Waals surface area contributed by atoms with Crippen LogP contribution in [0.5, 0.6) is 0 Å². The van der Waals surface area contributed by atoms with Gasteiger partial charge in [0.05, 0.1) is 12.5 Å². The van der Waals surface area contributed by atoms with E-state index in [2.05, 4.69) is 4.98 Å². The smallest absolute Gasteiger partial charge is 0.0641 e. The standard InChI is InChI=1S/C8H9N3/c9-4-1-8(10)7-2-5-11-6-3-7/h2-3,5-6,8H,1,10H2. The van der Waals surface area contributed by atoms with Crippen LogP contribution in [0.4, 0.5) is 0 Å². The van der Waals surface area contributed by atoms with E-state index in [-0.39, 0.29) is 6.04 Å². The third-order valence-corrected chi connectivity index (χ3v) is 1.45. The molecule has 3 heteroatoms. The largest absolute Gasteiger partial charge is 0.323 e. The number of nitrogens with zero attached hydrogens (tertiary/aromatic N) is 2. The highest BCUT2D eigenvalue weighted by molar-refractivity contribution is 5.15. The van der Waals surface area contributed by atoms with Crippen molar-refractivity contribution in [3.8, 4) is 6.07 Å². The number of nitriles is 1. The Balaban J connectivity index is 2.70. The van der Waals surface area contributed by atoms with E-state index in [4.69, 9.17) is 11.0 Å². The van der Waals surface area contributed by atoms with E-state index in [1.807, 2.05) is 18.2 Å². The van der Waals surface area contributed by atoms with Gasteiger partial charge in [0.15, 0.2) is 0 Å². The summed E-state index contributed by atoms with van der Waals surface area (Å²) < 4.78 is 0. The fourth-order valence-corrected chi connectivity index (χ4v) is 0.827. The van der Waals surface area contributed by atoms with Crippen molar-refractivity contribution in [1.82, 2.24) is 4.98 Å². The van der Waals surface area contributed by atoms with Gasteiger partial charge >= 0.3 is 0 Å². The summed E-state index contributed by atoms with van der Waals surface area (Å²) in [7, 11) is 0. The lowest BCUT2D eigenvalue weighted by atomic mass is 10.1. The predicted molar refractivity (Wildman–Crippen MR) is 41.4 cm³/mol. The van der Waals surface area contributed by atoms with Crippen LogP contribution in [0, 0.1) is 11.3 Å². The van der Waals surface area contributed by atoms with E-state index < -0.39 is 0 Å². The molecule has 0 aliphatic heterocycles. The third-order valence-electron chi connectivity index (χ3n) is 1.45. The van der Waals surface area contributed by atoms with Crippen LogP contribution < -0.4 is 5.73 Å². The highest BCUT2D eigenvalue weighted by Gasteiger charge is 2.02. The van der Waals surface area contributed by atoms with Crippen molar-refractivity contribution < 1.29 is 0 Å². The lowest BCUT2D eigenvalue weighted by molar-refractivity contribution is 0.747. The molecule has 0 amide bonds. The van der Waals surface area contributed by atoms with Crippen molar-refractivity contribution in [3.05, 3.63) is 30.1 Å². The molecule has 1 aromatic rings. The van der Waals surface area contributed by atoms with Crippen molar-refractivity contribution in [2.75, 3.05) is 0 Å². The van der Waals surface area contributed by atoms with Gasteiger partial charge in [0.2, 0.25) is 0 Å². The molecule has 0 aromatic carbocycles. The lowest BCUT2D eigenvalue weighted by Gasteiger charge is -2.05. The van der Waals surface area contributed by atoms with Crippen molar-refractivity contribution in [3.63, 3.8) is 0 Å². The van der Waals surface area contributed by atoms with Gasteiger partial charge in [-0.05, 0) is 17.7 Å². The number of hydrogen-bond acceptors (Lipinski definition) is 3. The highest BCUT2D eigenvalue weighted by atomic mass is 14.6. The van der Waals surface area contributed by atoms with E-state index in [0.717, 1.165) is 5.56 Å². The van der Waals surface area contributed by atoms with Gasteiger partial charge in [-0.15, -0.1) is 0 Å². The summed E-state index contributed by atoms with van der Waals surface area (Å²) >= 11 is 0. The van der Waals surface area contributed by atoms with E-state index >= 15 is 0 Å². The highest BCUT2D eigenvalue weighted by Crippen LogP contribution is 2.10. The normalized spacial score (nSPS) is 12.0. The van der Waals surface area contributed by atoms with Gasteiger partial charge in [-0.25, -0.2) is 0 Å². The van der Waals surface area contributed by atoms with Crippen LogP contribution >= 0.6 is 0 Å². The number of rotatable bonds is 2. The molecule has 1 heterocycles. The van der Waals surface area contributed by atoms with Crippen molar-refractivity contribution >= 4 is 0 Å². The summed E-state index contributed by atoms with van der Waals surface area (Å²) in [6, 6.07) is 5.49. The van der Waals surface area contributed by atoms with Crippen molar-refractivity contribution in [2.45, 2.75) is 12.5 Å². The fourth-order valence-electron chi connectivity index (χ4n) is 0.827. The molecule has 0 aliphatic carbocycles. The number of nitrogens with two attached hydrogens (primary N) is 1. The number of pyridine rings is 1. The monoisotopic (exact) mass is 147 g/mol. The van der Waals surface area contributed by atoms with Gasteiger partial charge < -0.3 is 5.73 Å². The van der Waals surface area contributed by atoms with Crippen LogP contribution in [0.15, 0.2) is 24.5 Å². The summed E-state index contributed by atoms with van der Waals surface area (Å²) in [6.07, 6.45) is 3.70. The zero-order chi connectivity index (χ0) is 8.10. The molecule has 0 radical (unpaired) electrons. The Hall–Kier alpha value is -1.40. The van der Waals surface area contributed by atoms with Gasteiger partial charge in [0, 0.05) is 18.4 Å². The zero-order valence-corrected chi connectivity index (χ0v) is 6.07. The van der Waals surface area contributed by atoms with Crippen LogP contribution in [0.1, 0.15) is 18.0 Å². The second-order valence-corrected chi connectivity index (χ2v) is 2.25. The van der Waals surface area contributed by atoms with Gasteiger partial charge in [-0.3, -0.25) is 4.98 Å². The first-order valence-corrected chi connectivity index (χ1v) is 3.37. The molecular weight excluding hydrogens is 138 g/mol. The second kappa shape index (κ2) is 3.69. The van der Waals surface area contributed by atoms with Crippen LogP contribution in [-0.2, 0) is 0 Å². The molecule has 3 nitrogen and oxygen atoms in total. The van der Waals surface area contributed by atoms with E-state index in [1.165, 1.54) is 0 Å². The first-order chi connectivity index (χ1) is 5.34. The number of hydrogen-bond donors (Lipinski definition) is 1. The van der Waals surface area contributed by atoms with E-state index in [0.29, 0.717) is 6.42 Å². The Bertz CT molecular complexity index is 250. The molecule has 0 saturated carbocycles. The summed E-state index contributed by atoms with van der Waals surface area (Å²) in [4.78, 5) is 3.85. The second-order valence-electron chi connectivity index (χ2n) is 2.25. The molecule has 2 N–H and O–H groups in total. The molecule has 1 atom stereocenters. The Morgan fingerprint density at radius 2 is 2.18 bits per heavy atom. The summed E-state index contributed by atoms with van der Waals surface area (Å²) in [5.74, 6) is 0. The summed E-state index contributed by atoms with van der Waals surface area (Å²) in [6.45, 7) is 0. The van der Waals surface area contributed by atoms with E-state index in [1.54, 1.807) is 12.4 Å². The minimum Gasteiger partial charge on any atom is -0.323 e. The van der Waals surface area contributed by atoms with Gasteiger partial charge in [-0.2, -0.15) is 5.26 Å². The molecule has 0 aliphatic rings. The maximum Gasteiger partial charge on any atom is 0.0641 e. The summed E-state index contributed by atoms with van der Waals surface area (Å²) in [5.41, 5.74) is 6.62. The van der Waals surface area contributed by atoms with Crippen LogP contribution in [0.25, 0.3) is 0 Å². The zero-order valence-electron chi connectivity index (χ0n) is 6.07. The topological polar surface area (TPSA) is 62.7 Å². The molecule has 1 unspecified atom stereocenters. The van der Waals surface area contributed by atoms with Gasteiger partial charge in [0.25, 0.3) is 0 Å². The molecule has 0 bridgehead atoms. The third kappa shape index (κ3) is 2.03. The van der Waals surface area contributed by atoms with Crippen LogP contribution in [-0.4, -0.2) is 4.98 Å². The lowest BCUT2D eigenvalue weighted by Crippen LogP contribution is -2.08. The first kappa shape index (κ1) is 7.70. The molecule has 11 heavy (non-hydrogen) atoms. The Morgan fingerprint density at radius 3 is 2.73 bits per heavy atom. The van der Waals surface area contributed by atoms with E-state index in [9.17, 15) is 0 Å². The Labute approximate surface area is 65.5 Å². The fraction of sp³-hybridized carbons (Fsp3) is 0.250. The Kier molecular flexibility index (Phi) is 2.59. The molecule has 1 aromatic heterocycles.